The third-order valence-electron chi connectivity index (χ3n) is 14.5. The molecule has 0 amide bonds. The second kappa shape index (κ2) is 10.2. The number of ether oxygens (including phenoxy) is 2. The van der Waals surface area contributed by atoms with E-state index < -0.39 is 5.41 Å². The zero-order chi connectivity index (χ0) is 31.1. The van der Waals surface area contributed by atoms with Crippen LogP contribution < -0.4 is 0 Å². The highest BCUT2D eigenvalue weighted by Crippen LogP contribution is 2.76. The molecule has 4 nitrogen and oxygen atoms in total. The van der Waals surface area contributed by atoms with Crippen LogP contribution in [0.3, 0.4) is 0 Å². The van der Waals surface area contributed by atoms with Gasteiger partial charge >= 0.3 is 11.9 Å². The molecule has 43 heavy (non-hydrogen) atoms. The molecule has 236 valence electrons. The van der Waals surface area contributed by atoms with Crippen molar-refractivity contribution in [3.05, 3.63) is 47.5 Å². The van der Waals surface area contributed by atoms with Crippen molar-refractivity contribution in [1.29, 1.82) is 0 Å². The summed E-state index contributed by atoms with van der Waals surface area (Å²) >= 11 is 0. The van der Waals surface area contributed by atoms with E-state index in [0.717, 1.165) is 56.9 Å². The highest BCUT2D eigenvalue weighted by molar-refractivity contribution is 5.79. The number of hydrogen-bond acceptors (Lipinski definition) is 4. The Hall–Kier alpha value is -2.10. The van der Waals surface area contributed by atoms with Gasteiger partial charge in [-0.25, -0.2) is 0 Å². The quantitative estimate of drug-likeness (QED) is 0.260. The number of esters is 2. The first-order chi connectivity index (χ1) is 20.1. The summed E-state index contributed by atoms with van der Waals surface area (Å²) in [5, 5.41) is 0. The molecule has 6 rings (SSSR count). The number of fused-ring (bicyclic) bond motifs is 7. The number of hydrogen-bond donors (Lipinski definition) is 0. The van der Waals surface area contributed by atoms with Gasteiger partial charge in [0.15, 0.2) is 0 Å². The number of rotatable bonds is 4. The minimum absolute atomic E-state index is 0.000577. The highest BCUT2D eigenvalue weighted by atomic mass is 16.5. The smallest absolute Gasteiger partial charge is 0.313 e. The van der Waals surface area contributed by atoms with E-state index >= 15 is 0 Å². The molecule has 4 saturated carbocycles. The maximum atomic E-state index is 14.2. The van der Waals surface area contributed by atoms with E-state index in [1.54, 1.807) is 12.5 Å². The lowest BCUT2D eigenvalue weighted by molar-refractivity contribution is -0.213. The molecule has 0 radical (unpaired) electrons. The average molecular weight is 589 g/mol. The van der Waals surface area contributed by atoms with E-state index in [1.165, 1.54) is 12.8 Å². The van der Waals surface area contributed by atoms with Crippen molar-refractivity contribution in [2.75, 3.05) is 0 Å². The lowest BCUT2D eigenvalue weighted by Crippen LogP contribution is -2.65. The number of carbonyl (C=O) groups excluding carboxylic acids is 2. The summed E-state index contributed by atoms with van der Waals surface area (Å²) < 4.78 is 12.1. The minimum Gasteiger partial charge on any atom is -0.462 e. The third kappa shape index (κ3) is 4.58. The summed E-state index contributed by atoms with van der Waals surface area (Å²) in [5.41, 5.74) is 2.85. The van der Waals surface area contributed by atoms with Crippen molar-refractivity contribution in [1.82, 2.24) is 0 Å². The van der Waals surface area contributed by atoms with Gasteiger partial charge in [0.1, 0.15) is 12.7 Å². The maximum absolute atomic E-state index is 14.2. The molecular weight excluding hydrogens is 532 g/mol. The van der Waals surface area contributed by atoms with Gasteiger partial charge in [0.05, 0.1) is 5.41 Å². The molecule has 0 saturated heterocycles. The molecule has 0 aromatic heterocycles. The molecule has 0 N–H and O–H groups in total. The minimum atomic E-state index is -0.413. The molecule has 4 heteroatoms. The first-order valence-electron chi connectivity index (χ1n) is 17.2. The summed E-state index contributed by atoms with van der Waals surface area (Å²) in [5.74, 6) is 1.24. The SMILES string of the molecule is CC(=O)O[C@@H]1CC[C@]2(C)[C@H]3CC=C4[C@@H]5CC(C)(C)CC[C@]5(C(=O)OCc5ccccc5)CC[C@@]4(C)[C@]3(C)CC[C@H]2C1(C)C. The molecule has 5 aliphatic carbocycles. The largest absolute Gasteiger partial charge is 0.462 e. The van der Waals surface area contributed by atoms with Gasteiger partial charge in [-0.2, -0.15) is 0 Å². The predicted octanol–water partition coefficient (Wildman–Crippen LogP) is 9.46. The highest BCUT2D eigenvalue weighted by Gasteiger charge is 2.69. The Bertz CT molecular complexity index is 1290. The molecule has 1 aromatic rings. The van der Waals surface area contributed by atoms with Crippen LogP contribution in [-0.4, -0.2) is 18.0 Å². The zero-order valence-electron chi connectivity index (χ0n) is 28.2. The first-order valence-corrected chi connectivity index (χ1v) is 17.2. The van der Waals surface area contributed by atoms with Crippen LogP contribution in [0.4, 0.5) is 0 Å². The molecule has 0 aliphatic heterocycles. The lowest BCUT2D eigenvalue weighted by atomic mass is 9.33. The van der Waals surface area contributed by atoms with Crippen LogP contribution in [0.1, 0.15) is 125 Å². The summed E-state index contributed by atoms with van der Waals surface area (Å²) in [6, 6.07) is 10.1. The zero-order valence-corrected chi connectivity index (χ0v) is 28.2. The van der Waals surface area contributed by atoms with Crippen molar-refractivity contribution in [2.45, 2.75) is 132 Å². The fraction of sp³-hybridized carbons (Fsp3) is 0.744. The Labute approximate surface area is 260 Å². The Morgan fingerprint density at radius 1 is 0.837 bits per heavy atom. The van der Waals surface area contributed by atoms with Gasteiger partial charge in [-0.3, -0.25) is 9.59 Å². The summed E-state index contributed by atoms with van der Waals surface area (Å²) in [7, 11) is 0. The first kappa shape index (κ1) is 30.9. The van der Waals surface area contributed by atoms with Crippen molar-refractivity contribution in [3.8, 4) is 0 Å². The van der Waals surface area contributed by atoms with E-state index in [9.17, 15) is 9.59 Å². The molecule has 4 fully saturated rings. The van der Waals surface area contributed by atoms with Crippen LogP contribution in [0, 0.1) is 50.2 Å². The molecule has 0 unspecified atom stereocenters. The van der Waals surface area contributed by atoms with Crippen LogP contribution in [0.5, 0.6) is 0 Å². The van der Waals surface area contributed by atoms with Crippen LogP contribution >= 0.6 is 0 Å². The Morgan fingerprint density at radius 3 is 2.23 bits per heavy atom. The van der Waals surface area contributed by atoms with Gasteiger partial charge in [-0.1, -0.05) is 90.4 Å². The fourth-order valence-electron chi connectivity index (χ4n) is 11.9. The Balaban J connectivity index is 1.34. The lowest BCUT2D eigenvalue weighted by Gasteiger charge is -2.71. The average Bonchev–Trinajstić information content (AvgIpc) is 2.94. The second-order valence-corrected chi connectivity index (χ2v) is 17.4. The Morgan fingerprint density at radius 2 is 1.53 bits per heavy atom. The van der Waals surface area contributed by atoms with E-state index in [0.29, 0.717) is 18.4 Å². The van der Waals surface area contributed by atoms with Crippen molar-refractivity contribution in [2.24, 2.45) is 50.2 Å². The van der Waals surface area contributed by atoms with Gasteiger partial charge in [-0.15, -0.1) is 0 Å². The number of benzene rings is 1. The van der Waals surface area contributed by atoms with Crippen molar-refractivity contribution in [3.63, 3.8) is 0 Å². The third-order valence-corrected chi connectivity index (χ3v) is 14.5. The molecular formula is C39H56O4. The number of carbonyl (C=O) groups is 2. The molecule has 0 bridgehead atoms. The molecule has 5 aliphatic rings. The molecule has 1 aromatic carbocycles. The molecule has 8 atom stereocenters. The van der Waals surface area contributed by atoms with Crippen LogP contribution in [0.2, 0.25) is 0 Å². The van der Waals surface area contributed by atoms with E-state index in [2.05, 4.69) is 54.5 Å². The fourth-order valence-corrected chi connectivity index (χ4v) is 11.9. The second-order valence-electron chi connectivity index (χ2n) is 17.4. The monoisotopic (exact) mass is 588 g/mol. The molecule has 0 heterocycles. The topological polar surface area (TPSA) is 52.6 Å². The molecule has 0 spiro atoms. The van der Waals surface area contributed by atoms with Crippen LogP contribution in [0.25, 0.3) is 0 Å². The Kier molecular flexibility index (Phi) is 7.34. The summed E-state index contributed by atoms with van der Waals surface area (Å²) in [4.78, 5) is 26.2. The van der Waals surface area contributed by atoms with Crippen LogP contribution in [0.15, 0.2) is 42.0 Å². The van der Waals surface area contributed by atoms with E-state index in [-0.39, 0.29) is 51.0 Å². The van der Waals surface area contributed by atoms with Gasteiger partial charge in [0, 0.05) is 12.3 Å². The predicted molar refractivity (Wildman–Crippen MR) is 171 cm³/mol. The maximum Gasteiger partial charge on any atom is 0.313 e. The van der Waals surface area contributed by atoms with Crippen molar-refractivity contribution >= 4 is 11.9 Å². The van der Waals surface area contributed by atoms with Gasteiger partial charge in [0.25, 0.3) is 0 Å². The normalized spacial score (nSPS) is 42.7. The van der Waals surface area contributed by atoms with E-state index in [4.69, 9.17) is 9.47 Å². The number of allylic oxidation sites excluding steroid dienone is 2. The van der Waals surface area contributed by atoms with E-state index in [1.807, 2.05) is 30.3 Å². The van der Waals surface area contributed by atoms with Gasteiger partial charge in [0.2, 0.25) is 0 Å². The van der Waals surface area contributed by atoms with Gasteiger partial charge < -0.3 is 9.47 Å². The van der Waals surface area contributed by atoms with Crippen LogP contribution in [-0.2, 0) is 25.7 Å². The summed E-state index contributed by atoms with van der Waals surface area (Å²) in [6.07, 6.45) is 13.2. The van der Waals surface area contributed by atoms with Crippen molar-refractivity contribution < 1.29 is 19.1 Å². The van der Waals surface area contributed by atoms with Gasteiger partial charge in [-0.05, 0) is 109 Å². The summed E-state index contributed by atoms with van der Waals surface area (Å²) in [6.45, 7) is 19.2. The standard InChI is InChI=1S/C39H56O4/c1-26(40)43-32-17-18-36(6)30(35(32,4)5)16-19-38(8)31(36)15-14-28-29-24-34(2,3)20-22-39(29,23-21-37(28,38)7)33(41)42-25-27-12-10-9-11-13-27/h9-14,29-32H,15-25H2,1-8H3/t29-,30-,31+,32+,36-,37+,38+,39-/m0/s1.